The van der Waals surface area contributed by atoms with Crippen molar-refractivity contribution >= 4 is 5.82 Å². The topological polar surface area (TPSA) is 56.1 Å². The molecule has 1 saturated heterocycles. The van der Waals surface area contributed by atoms with Gasteiger partial charge in [0.2, 0.25) is 5.88 Å². The highest BCUT2D eigenvalue weighted by Gasteiger charge is 2.26. The Bertz CT molecular complexity index is 597. The maximum absolute atomic E-state index is 5.49. The molecule has 2 aromatic rings. The van der Waals surface area contributed by atoms with Crippen LogP contribution in [0.25, 0.3) is 0 Å². The average molecular weight is 287 g/mol. The van der Waals surface area contributed by atoms with E-state index in [0.29, 0.717) is 18.5 Å². The summed E-state index contributed by atoms with van der Waals surface area (Å²) in [6.45, 7) is 3.58. The van der Waals surface area contributed by atoms with Gasteiger partial charge in [0.15, 0.2) is 0 Å². The van der Waals surface area contributed by atoms with Crippen molar-refractivity contribution in [1.29, 1.82) is 0 Å². The monoisotopic (exact) mass is 287 g/mol. The van der Waals surface area contributed by atoms with Crippen LogP contribution in [0.3, 0.4) is 0 Å². The SMILES string of the molecule is CCOc1cc(N2CCCCC2c2cnn(C)c2)ncn1. The normalized spacial score (nSPS) is 18.8. The molecule has 1 fully saturated rings. The second-order valence-electron chi connectivity index (χ2n) is 5.30. The summed E-state index contributed by atoms with van der Waals surface area (Å²) in [7, 11) is 1.95. The largest absolute Gasteiger partial charge is 0.478 e. The summed E-state index contributed by atoms with van der Waals surface area (Å²) >= 11 is 0. The molecule has 0 spiro atoms. The number of aromatic nitrogens is 4. The second kappa shape index (κ2) is 6.11. The van der Waals surface area contributed by atoms with Crippen molar-refractivity contribution in [2.24, 2.45) is 7.05 Å². The number of hydrogen-bond acceptors (Lipinski definition) is 5. The molecule has 0 radical (unpaired) electrons. The zero-order valence-electron chi connectivity index (χ0n) is 12.6. The van der Waals surface area contributed by atoms with Crippen LogP contribution in [-0.2, 0) is 7.05 Å². The Morgan fingerprint density at radius 3 is 3.00 bits per heavy atom. The fourth-order valence-electron chi connectivity index (χ4n) is 2.88. The third-order valence-corrected chi connectivity index (χ3v) is 3.83. The van der Waals surface area contributed by atoms with Crippen LogP contribution in [0, 0.1) is 0 Å². The first-order valence-corrected chi connectivity index (χ1v) is 7.48. The minimum Gasteiger partial charge on any atom is -0.478 e. The number of nitrogens with zero attached hydrogens (tertiary/aromatic N) is 5. The van der Waals surface area contributed by atoms with E-state index in [4.69, 9.17) is 4.74 Å². The molecule has 3 heterocycles. The predicted octanol–water partition coefficient (Wildman–Crippen LogP) is 2.34. The van der Waals surface area contributed by atoms with E-state index < -0.39 is 0 Å². The lowest BCUT2D eigenvalue weighted by Crippen LogP contribution is -2.33. The number of hydrogen-bond donors (Lipinski definition) is 0. The van der Waals surface area contributed by atoms with Gasteiger partial charge in [0.05, 0.1) is 18.8 Å². The number of aryl methyl sites for hydroxylation is 1. The van der Waals surface area contributed by atoms with Crippen molar-refractivity contribution in [3.63, 3.8) is 0 Å². The zero-order valence-corrected chi connectivity index (χ0v) is 12.6. The lowest BCUT2D eigenvalue weighted by Gasteiger charge is -2.36. The number of rotatable bonds is 4. The van der Waals surface area contributed by atoms with Gasteiger partial charge in [-0.15, -0.1) is 0 Å². The van der Waals surface area contributed by atoms with Crippen LogP contribution < -0.4 is 9.64 Å². The molecule has 6 heteroatoms. The van der Waals surface area contributed by atoms with Crippen molar-refractivity contribution in [3.05, 3.63) is 30.4 Å². The Labute approximate surface area is 124 Å². The molecule has 1 aliphatic heterocycles. The molecule has 6 nitrogen and oxygen atoms in total. The van der Waals surface area contributed by atoms with E-state index in [-0.39, 0.29) is 0 Å². The second-order valence-corrected chi connectivity index (χ2v) is 5.30. The van der Waals surface area contributed by atoms with Gasteiger partial charge < -0.3 is 9.64 Å². The van der Waals surface area contributed by atoms with Crippen molar-refractivity contribution in [1.82, 2.24) is 19.7 Å². The molecule has 0 aliphatic carbocycles. The van der Waals surface area contributed by atoms with E-state index in [1.54, 1.807) is 6.33 Å². The standard InChI is InChI=1S/C15H21N5O/c1-3-21-15-8-14(16-11-17-15)20-7-5-4-6-13(20)12-9-18-19(2)10-12/h8-11,13H,3-7H2,1-2H3. The highest BCUT2D eigenvalue weighted by Crippen LogP contribution is 2.34. The maximum atomic E-state index is 5.49. The molecule has 3 rings (SSSR count). The summed E-state index contributed by atoms with van der Waals surface area (Å²) in [4.78, 5) is 10.9. The Morgan fingerprint density at radius 1 is 1.33 bits per heavy atom. The van der Waals surface area contributed by atoms with E-state index in [9.17, 15) is 0 Å². The van der Waals surface area contributed by atoms with Gasteiger partial charge in [-0.3, -0.25) is 4.68 Å². The molecule has 0 amide bonds. The molecule has 21 heavy (non-hydrogen) atoms. The van der Waals surface area contributed by atoms with Gasteiger partial charge in [-0.25, -0.2) is 9.97 Å². The van der Waals surface area contributed by atoms with Crippen LogP contribution in [-0.4, -0.2) is 32.9 Å². The molecule has 2 aromatic heterocycles. The van der Waals surface area contributed by atoms with E-state index in [0.717, 1.165) is 18.8 Å². The highest BCUT2D eigenvalue weighted by molar-refractivity contribution is 5.44. The summed E-state index contributed by atoms with van der Waals surface area (Å²) in [5.41, 5.74) is 1.24. The fourth-order valence-corrected chi connectivity index (χ4v) is 2.88. The van der Waals surface area contributed by atoms with Gasteiger partial charge >= 0.3 is 0 Å². The molecule has 1 aliphatic rings. The molecule has 1 unspecified atom stereocenters. The number of piperidine rings is 1. The van der Waals surface area contributed by atoms with Gasteiger partial charge in [0.25, 0.3) is 0 Å². The van der Waals surface area contributed by atoms with E-state index in [1.165, 1.54) is 18.4 Å². The zero-order chi connectivity index (χ0) is 14.7. The minimum absolute atomic E-state index is 0.330. The fraction of sp³-hybridized carbons (Fsp3) is 0.533. The van der Waals surface area contributed by atoms with Crippen molar-refractivity contribution < 1.29 is 4.74 Å². The lowest BCUT2D eigenvalue weighted by molar-refractivity contribution is 0.326. The smallest absolute Gasteiger partial charge is 0.218 e. The average Bonchev–Trinajstić information content (AvgIpc) is 2.94. The van der Waals surface area contributed by atoms with Crippen molar-refractivity contribution in [3.8, 4) is 5.88 Å². The van der Waals surface area contributed by atoms with Gasteiger partial charge in [-0.1, -0.05) is 0 Å². The third kappa shape index (κ3) is 2.99. The summed E-state index contributed by atoms with van der Waals surface area (Å²) in [5, 5.41) is 4.30. The highest BCUT2D eigenvalue weighted by atomic mass is 16.5. The molecule has 1 atom stereocenters. The Kier molecular flexibility index (Phi) is 4.03. The first-order valence-electron chi connectivity index (χ1n) is 7.48. The van der Waals surface area contributed by atoms with Gasteiger partial charge in [-0.2, -0.15) is 5.10 Å². The number of anilines is 1. The lowest BCUT2D eigenvalue weighted by atomic mass is 9.97. The quantitative estimate of drug-likeness (QED) is 0.864. The summed E-state index contributed by atoms with van der Waals surface area (Å²) in [6, 6.07) is 2.26. The minimum atomic E-state index is 0.330. The predicted molar refractivity (Wildman–Crippen MR) is 80.3 cm³/mol. The molecular weight excluding hydrogens is 266 g/mol. The molecule has 0 saturated carbocycles. The maximum Gasteiger partial charge on any atom is 0.218 e. The van der Waals surface area contributed by atoms with Crippen molar-refractivity contribution in [2.45, 2.75) is 32.2 Å². The van der Waals surface area contributed by atoms with E-state index >= 15 is 0 Å². The Morgan fingerprint density at radius 2 is 2.24 bits per heavy atom. The van der Waals surface area contributed by atoms with Crippen LogP contribution in [0.15, 0.2) is 24.8 Å². The molecule has 0 bridgehead atoms. The first kappa shape index (κ1) is 13.9. The van der Waals surface area contributed by atoms with Gasteiger partial charge in [0.1, 0.15) is 12.1 Å². The van der Waals surface area contributed by atoms with Crippen LogP contribution in [0.5, 0.6) is 5.88 Å². The van der Waals surface area contributed by atoms with E-state index in [1.807, 2.05) is 30.9 Å². The summed E-state index contributed by atoms with van der Waals surface area (Å²) in [6.07, 6.45) is 9.17. The molecular formula is C15H21N5O. The van der Waals surface area contributed by atoms with Crippen molar-refractivity contribution in [2.75, 3.05) is 18.1 Å². The van der Waals surface area contributed by atoms with E-state index in [2.05, 4.69) is 26.2 Å². The third-order valence-electron chi connectivity index (χ3n) is 3.83. The van der Waals surface area contributed by atoms with Crippen LogP contribution in [0.1, 0.15) is 37.8 Å². The summed E-state index contributed by atoms with van der Waals surface area (Å²) in [5.74, 6) is 1.57. The first-order chi connectivity index (χ1) is 10.3. The Balaban J connectivity index is 1.88. The number of ether oxygens (including phenoxy) is 1. The van der Waals surface area contributed by atoms with Crippen LogP contribution in [0.2, 0.25) is 0 Å². The molecule has 0 aromatic carbocycles. The van der Waals surface area contributed by atoms with Crippen LogP contribution in [0.4, 0.5) is 5.82 Å². The van der Waals surface area contributed by atoms with Crippen LogP contribution >= 0.6 is 0 Å². The Hall–Kier alpha value is -2.11. The van der Waals surface area contributed by atoms with Gasteiger partial charge in [-0.05, 0) is 26.2 Å². The molecule has 112 valence electrons. The summed E-state index contributed by atoms with van der Waals surface area (Å²) < 4.78 is 7.34. The molecule has 0 N–H and O–H groups in total. The van der Waals surface area contributed by atoms with Gasteiger partial charge in [0, 0.05) is 31.4 Å².